The summed E-state index contributed by atoms with van der Waals surface area (Å²) in [6.07, 6.45) is 4.49. The molecule has 0 unspecified atom stereocenters. The summed E-state index contributed by atoms with van der Waals surface area (Å²) in [7, 11) is 0. The van der Waals surface area contributed by atoms with Gasteiger partial charge in [0.2, 0.25) is 0 Å². The zero-order valence-corrected chi connectivity index (χ0v) is 13.6. The predicted molar refractivity (Wildman–Crippen MR) is 87.5 cm³/mol. The fourth-order valence-corrected chi connectivity index (χ4v) is 3.15. The van der Waals surface area contributed by atoms with Gasteiger partial charge in [-0.05, 0) is 18.9 Å². The summed E-state index contributed by atoms with van der Waals surface area (Å²) in [6, 6.07) is 1.81. The van der Waals surface area contributed by atoms with Gasteiger partial charge in [-0.2, -0.15) is 5.10 Å². The van der Waals surface area contributed by atoms with Gasteiger partial charge in [0.05, 0.1) is 18.5 Å². The number of aromatic nitrogens is 4. The molecule has 25 heavy (non-hydrogen) atoms. The third-order valence-corrected chi connectivity index (χ3v) is 4.31. The highest BCUT2D eigenvalue weighted by Gasteiger charge is 2.25. The maximum atomic E-state index is 11.0. The fraction of sp³-hybridized carbons (Fsp3) is 0.438. The molecule has 132 valence electrons. The molecule has 0 radical (unpaired) electrons. The van der Waals surface area contributed by atoms with Gasteiger partial charge in [-0.25, -0.2) is 9.97 Å². The molecule has 2 aromatic heterocycles. The first-order valence-electron chi connectivity index (χ1n) is 8.04. The second-order valence-electron chi connectivity index (χ2n) is 6.09. The van der Waals surface area contributed by atoms with Gasteiger partial charge in [0.15, 0.2) is 0 Å². The average Bonchev–Trinajstić information content (AvgIpc) is 3.03. The van der Waals surface area contributed by atoms with E-state index in [2.05, 4.69) is 25.1 Å². The number of piperidine rings is 1. The van der Waals surface area contributed by atoms with Crippen molar-refractivity contribution in [2.45, 2.75) is 31.6 Å². The van der Waals surface area contributed by atoms with E-state index in [1.165, 1.54) is 6.33 Å². The molecule has 0 spiro atoms. The van der Waals surface area contributed by atoms with Gasteiger partial charge in [-0.3, -0.25) is 14.7 Å². The summed E-state index contributed by atoms with van der Waals surface area (Å²) >= 11 is 0. The monoisotopic (exact) mass is 345 g/mol. The Balaban J connectivity index is 1.65. The largest absolute Gasteiger partial charge is 0.481 e. The van der Waals surface area contributed by atoms with Crippen LogP contribution in [-0.2, 0) is 22.4 Å². The number of H-pyrrole nitrogens is 1. The van der Waals surface area contributed by atoms with Gasteiger partial charge >= 0.3 is 11.9 Å². The summed E-state index contributed by atoms with van der Waals surface area (Å²) < 4.78 is 0. The van der Waals surface area contributed by atoms with Crippen molar-refractivity contribution in [3.8, 4) is 0 Å². The van der Waals surface area contributed by atoms with E-state index in [0.29, 0.717) is 17.1 Å². The lowest BCUT2D eigenvalue weighted by Crippen LogP contribution is -2.34. The molecule has 3 rings (SSSR count). The Hall–Kier alpha value is -2.97. The lowest BCUT2D eigenvalue weighted by molar-refractivity contribution is -0.137. The van der Waals surface area contributed by atoms with E-state index in [1.807, 2.05) is 6.07 Å². The summed E-state index contributed by atoms with van der Waals surface area (Å²) in [5, 5.41) is 24.9. The fourth-order valence-electron chi connectivity index (χ4n) is 3.15. The molecular weight excluding hydrogens is 326 g/mol. The number of hydrogen-bond acceptors (Lipinski definition) is 6. The number of hydrogen-bond donors (Lipinski definition) is 3. The first-order chi connectivity index (χ1) is 12.0. The molecule has 9 heteroatoms. The highest BCUT2D eigenvalue weighted by atomic mass is 16.4. The molecule has 9 nitrogen and oxygen atoms in total. The Morgan fingerprint density at radius 2 is 1.92 bits per heavy atom. The number of carboxylic acids is 2. The van der Waals surface area contributed by atoms with Gasteiger partial charge in [0.25, 0.3) is 0 Å². The first kappa shape index (κ1) is 16.9. The van der Waals surface area contributed by atoms with Gasteiger partial charge < -0.3 is 15.1 Å². The minimum absolute atomic E-state index is 0.0642. The number of aromatic amines is 1. The molecule has 0 bridgehead atoms. The van der Waals surface area contributed by atoms with Crippen molar-refractivity contribution in [3.05, 3.63) is 35.5 Å². The highest BCUT2D eigenvalue weighted by molar-refractivity contribution is 5.72. The maximum Gasteiger partial charge on any atom is 0.309 e. The maximum absolute atomic E-state index is 11.0. The molecule has 2 aromatic rings. The smallest absolute Gasteiger partial charge is 0.309 e. The number of anilines is 1. The minimum atomic E-state index is -0.909. The van der Waals surface area contributed by atoms with E-state index in [4.69, 9.17) is 10.2 Å². The topological polar surface area (TPSA) is 132 Å². The van der Waals surface area contributed by atoms with Crippen LogP contribution < -0.4 is 4.90 Å². The van der Waals surface area contributed by atoms with E-state index in [0.717, 1.165) is 31.6 Å². The van der Waals surface area contributed by atoms with Crippen LogP contribution in [0, 0.1) is 0 Å². The second kappa shape index (κ2) is 7.29. The SMILES string of the molecule is O=C(O)Cc1cc(C2CCN(c3ncncc3CC(=O)O)CC2)n[nH]1. The number of carboxylic acid groups (broad SMARTS) is 2. The van der Waals surface area contributed by atoms with Crippen LogP contribution in [0.2, 0.25) is 0 Å². The van der Waals surface area contributed by atoms with Gasteiger partial charge in [-0.1, -0.05) is 0 Å². The second-order valence-corrected chi connectivity index (χ2v) is 6.09. The molecular formula is C16H19N5O4. The Morgan fingerprint density at radius 1 is 1.20 bits per heavy atom. The minimum Gasteiger partial charge on any atom is -0.481 e. The number of nitrogens with one attached hydrogen (secondary N) is 1. The Labute approximate surface area is 143 Å². The zero-order chi connectivity index (χ0) is 17.8. The Morgan fingerprint density at radius 3 is 2.60 bits per heavy atom. The van der Waals surface area contributed by atoms with E-state index < -0.39 is 11.9 Å². The number of carbonyl (C=O) groups is 2. The van der Waals surface area contributed by atoms with E-state index in [1.54, 1.807) is 6.20 Å². The van der Waals surface area contributed by atoms with Crippen LogP contribution >= 0.6 is 0 Å². The number of aliphatic carboxylic acids is 2. The van der Waals surface area contributed by atoms with Crippen LogP contribution in [0.4, 0.5) is 5.82 Å². The molecule has 1 saturated heterocycles. The van der Waals surface area contributed by atoms with Gasteiger partial charge in [0, 0.05) is 36.5 Å². The number of rotatable bonds is 6. The van der Waals surface area contributed by atoms with Crippen LogP contribution in [0.25, 0.3) is 0 Å². The predicted octanol–water partition coefficient (Wildman–Crippen LogP) is 0.838. The van der Waals surface area contributed by atoms with Crippen LogP contribution in [0.1, 0.15) is 35.7 Å². The molecule has 1 aliphatic heterocycles. The molecule has 0 aromatic carbocycles. The van der Waals surface area contributed by atoms with Crippen LogP contribution in [0.5, 0.6) is 0 Å². The third kappa shape index (κ3) is 4.11. The summed E-state index contributed by atoms with van der Waals surface area (Å²) in [4.78, 5) is 32.0. The van der Waals surface area contributed by atoms with Crippen LogP contribution in [0.15, 0.2) is 18.6 Å². The highest BCUT2D eigenvalue weighted by Crippen LogP contribution is 2.30. The van der Waals surface area contributed by atoms with Crippen molar-refractivity contribution in [1.82, 2.24) is 20.2 Å². The average molecular weight is 345 g/mol. The standard InChI is InChI=1S/C16H19N5O4/c22-14(23)5-11-8-17-9-18-16(11)21-3-1-10(2-4-21)13-6-12(19-20-13)7-15(24)25/h6,8-10H,1-5,7H2,(H,19,20)(H,22,23)(H,24,25). The van der Waals surface area contributed by atoms with Crippen molar-refractivity contribution >= 4 is 17.8 Å². The molecule has 1 fully saturated rings. The normalized spacial score (nSPS) is 15.3. The van der Waals surface area contributed by atoms with Crippen molar-refractivity contribution in [1.29, 1.82) is 0 Å². The van der Waals surface area contributed by atoms with E-state index >= 15 is 0 Å². The van der Waals surface area contributed by atoms with Gasteiger partial charge in [0.1, 0.15) is 12.1 Å². The molecule has 3 heterocycles. The first-order valence-corrected chi connectivity index (χ1v) is 8.04. The molecule has 1 aliphatic rings. The summed E-state index contributed by atoms with van der Waals surface area (Å²) in [5.74, 6) is -0.877. The van der Waals surface area contributed by atoms with Gasteiger partial charge in [-0.15, -0.1) is 0 Å². The van der Waals surface area contributed by atoms with Crippen LogP contribution in [-0.4, -0.2) is 55.4 Å². The van der Waals surface area contributed by atoms with Crippen molar-refractivity contribution in [2.75, 3.05) is 18.0 Å². The molecule has 0 amide bonds. The van der Waals surface area contributed by atoms with Crippen molar-refractivity contribution < 1.29 is 19.8 Å². The van der Waals surface area contributed by atoms with E-state index in [9.17, 15) is 9.59 Å². The summed E-state index contributed by atoms with van der Waals surface area (Å²) in [6.45, 7) is 1.46. The van der Waals surface area contributed by atoms with Crippen LogP contribution in [0.3, 0.4) is 0 Å². The zero-order valence-electron chi connectivity index (χ0n) is 13.6. The Bertz CT molecular complexity index is 767. The quantitative estimate of drug-likeness (QED) is 0.701. The molecule has 0 aliphatic carbocycles. The third-order valence-electron chi connectivity index (χ3n) is 4.31. The van der Waals surface area contributed by atoms with E-state index in [-0.39, 0.29) is 18.8 Å². The molecule has 3 N–H and O–H groups in total. The van der Waals surface area contributed by atoms with Crippen molar-refractivity contribution in [3.63, 3.8) is 0 Å². The number of nitrogens with zero attached hydrogens (tertiary/aromatic N) is 4. The van der Waals surface area contributed by atoms with Crippen molar-refractivity contribution in [2.24, 2.45) is 0 Å². The molecule has 0 atom stereocenters. The molecule has 0 saturated carbocycles. The summed E-state index contributed by atoms with van der Waals surface area (Å²) in [5.41, 5.74) is 2.09. The Kier molecular flexibility index (Phi) is 4.92. The lowest BCUT2D eigenvalue weighted by Gasteiger charge is -2.33. The lowest BCUT2D eigenvalue weighted by atomic mass is 9.93.